The number of hydrogen-bond donors (Lipinski definition) is 3. The summed E-state index contributed by atoms with van der Waals surface area (Å²) in [5.41, 5.74) is 0. The Balaban J connectivity index is 4.31. The fourth-order valence-electron chi connectivity index (χ4n) is 5.79. The molecule has 3 N–H and O–H groups in total. The molecule has 0 bridgehead atoms. The first-order valence-electron chi connectivity index (χ1n) is 21.3. The van der Waals surface area contributed by atoms with Crippen molar-refractivity contribution in [2.24, 2.45) is 0 Å². The molecule has 0 aromatic carbocycles. The zero-order valence-corrected chi connectivity index (χ0v) is 34.6. The van der Waals surface area contributed by atoms with Crippen LogP contribution in [-0.2, 0) is 32.7 Å². The second kappa shape index (κ2) is 38.7. The van der Waals surface area contributed by atoms with E-state index in [1.165, 1.54) is 89.9 Å². The van der Waals surface area contributed by atoms with Crippen molar-refractivity contribution in [2.75, 3.05) is 26.4 Å². The zero-order chi connectivity index (χ0) is 39.1. The van der Waals surface area contributed by atoms with Gasteiger partial charge in [0.2, 0.25) is 0 Å². The van der Waals surface area contributed by atoms with Gasteiger partial charge in [-0.25, -0.2) is 4.57 Å². The summed E-state index contributed by atoms with van der Waals surface area (Å²) in [5.74, 6) is -0.934. The number of allylic oxidation sites excluding steroid dienone is 4. The Morgan fingerprint density at radius 3 is 1.49 bits per heavy atom. The van der Waals surface area contributed by atoms with Crippen LogP contribution in [0.25, 0.3) is 0 Å². The molecule has 0 aliphatic rings. The van der Waals surface area contributed by atoms with Crippen LogP contribution in [0.4, 0.5) is 0 Å². The van der Waals surface area contributed by atoms with Gasteiger partial charge in [0.05, 0.1) is 19.8 Å². The number of rotatable bonds is 40. The van der Waals surface area contributed by atoms with Crippen molar-refractivity contribution >= 4 is 19.8 Å². The van der Waals surface area contributed by atoms with Gasteiger partial charge in [0.1, 0.15) is 12.7 Å². The predicted molar refractivity (Wildman–Crippen MR) is 215 cm³/mol. The molecule has 10 nitrogen and oxygen atoms in total. The highest BCUT2D eigenvalue weighted by atomic mass is 31.2. The number of aliphatic hydroxyl groups is 2. The van der Waals surface area contributed by atoms with Crippen molar-refractivity contribution in [1.82, 2.24) is 0 Å². The van der Waals surface area contributed by atoms with E-state index >= 15 is 0 Å². The van der Waals surface area contributed by atoms with Crippen LogP contribution in [0.2, 0.25) is 0 Å². The molecule has 3 atom stereocenters. The van der Waals surface area contributed by atoms with E-state index in [1.54, 1.807) is 0 Å². The highest BCUT2D eigenvalue weighted by Crippen LogP contribution is 2.43. The Kier molecular flexibility index (Phi) is 37.6. The number of esters is 2. The van der Waals surface area contributed by atoms with Crippen LogP contribution in [-0.4, -0.2) is 65.7 Å². The highest BCUT2D eigenvalue weighted by molar-refractivity contribution is 7.47. The summed E-state index contributed by atoms with van der Waals surface area (Å²) in [7, 11) is -4.62. The third-order valence-electron chi connectivity index (χ3n) is 9.11. The van der Waals surface area contributed by atoms with Gasteiger partial charge in [0, 0.05) is 12.8 Å². The van der Waals surface area contributed by atoms with Crippen molar-refractivity contribution in [3.8, 4) is 0 Å². The van der Waals surface area contributed by atoms with Crippen LogP contribution < -0.4 is 0 Å². The highest BCUT2D eigenvalue weighted by Gasteiger charge is 2.27. The Labute approximate surface area is 323 Å². The van der Waals surface area contributed by atoms with Gasteiger partial charge >= 0.3 is 19.8 Å². The molecule has 1 unspecified atom stereocenters. The first kappa shape index (κ1) is 51.5. The predicted octanol–water partition coefficient (Wildman–Crippen LogP) is 11.0. The summed E-state index contributed by atoms with van der Waals surface area (Å²) < 4.78 is 32.7. The molecule has 0 fully saturated rings. The number of aliphatic hydroxyl groups excluding tert-OH is 2. The number of hydrogen-bond acceptors (Lipinski definition) is 9. The molecular weight excluding hydrogens is 695 g/mol. The average molecular weight is 775 g/mol. The lowest BCUT2D eigenvalue weighted by atomic mass is 10.0. The van der Waals surface area contributed by atoms with Gasteiger partial charge in [-0.05, 0) is 44.9 Å². The molecule has 0 saturated heterocycles. The van der Waals surface area contributed by atoms with Crippen LogP contribution in [0.15, 0.2) is 24.3 Å². The van der Waals surface area contributed by atoms with E-state index in [9.17, 15) is 24.2 Å². The van der Waals surface area contributed by atoms with Crippen molar-refractivity contribution < 1.29 is 47.8 Å². The molecule has 0 saturated carbocycles. The van der Waals surface area contributed by atoms with Crippen molar-refractivity contribution in [3.05, 3.63) is 24.3 Å². The van der Waals surface area contributed by atoms with Crippen LogP contribution in [0.1, 0.15) is 194 Å². The van der Waals surface area contributed by atoms with E-state index in [-0.39, 0.29) is 19.4 Å². The van der Waals surface area contributed by atoms with Gasteiger partial charge in [-0.1, -0.05) is 160 Å². The summed E-state index contributed by atoms with van der Waals surface area (Å²) in [5, 5.41) is 18.3. The second-order valence-corrected chi connectivity index (χ2v) is 15.8. The van der Waals surface area contributed by atoms with E-state index in [0.29, 0.717) is 12.8 Å². The molecule has 0 aromatic rings. The van der Waals surface area contributed by atoms with Gasteiger partial charge in [-0.15, -0.1) is 0 Å². The Morgan fingerprint density at radius 2 is 0.981 bits per heavy atom. The fraction of sp³-hybridized carbons (Fsp3) is 0.857. The van der Waals surface area contributed by atoms with Gasteiger partial charge < -0.3 is 24.6 Å². The summed E-state index contributed by atoms with van der Waals surface area (Å²) in [6, 6.07) is 0. The number of carbonyl (C=O) groups excluding carboxylic acids is 2. The third kappa shape index (κ3) is 38.5. The lowest BCUT2D eigenvalue weighted by molar-refractivity contribution is -0.161. The minimum Gasteiger partial charge on any atom is -0.462 e. The van der Waals surface area contributed by atoms with E-state index < -0.39 is 51.8 Å². The Hall–Kier alpha value is -1.55. The lowest BCUT2D eigenvalue weighted by Gasteiger charge is -2.20. The summed E-state index contributed by atoms with van der Waals surface area (Å²) in [6.45, 7) is 2.35. The SMILES string of the molecule is CCCCC/C=C\C/C=C\CCCCCCCC(=O)O[C@H](COC(=O)CCCCCCCCCCCCCCCCC)COP(=O)(O)OC[C@@H](O)CO. The van der Waals surface area contributed by atoms with Gasteiger partial charge in [-0.2, -0.15) is 0 Å². The maximum Gasteiger partial charge on any atom is 0.472 e. The van der Waals surface area contributed by atoms with Gasteiger partial charge in [0.15, 0.2) is 6.10 Å². The van der Waals surface area contributed by atoms with E-state index in [4.69, 9.17) is 19.1 Å². The lowest BCUT2D eigenvalue weighted by Crippen LogP contribution is -2.29. The molecule has 0 amide bonds. The molecule has 53 heavy (non-hydrogen) atoms. The first-order valence-corrected chi connectivity index (χ1v) is 22.8. The number of carbonyl (C=O) groups is 2. The Morgan fingerprint density at radius 1 is 0.566 bits per heavy atom. The number of ether oxygens (including phenoxy) is 2. The minimum atomic E-state index is -4.62. The maximum absolute atomic E-state index is 12.6. The monoisotopic (exact) mass is 775 g/mol. The fourth-order valence-corrected chi connectivity index (χ4v) is 6.58. The van der Waals surface area contributed by atoms with Crippen LogP contribution in [0.3, 0.4) is 0 Å². The van der Waals surface area contributed by atoms with Crippen LogP contribution >= 0.6 is 7.82 Å². The molecule has 0 spiro atoms. The van der Waals surface area contributed by atoms with Crippen molar-refractivity contribution in [1.29, 1.82) is 0 Å². The quantitative estimate of drug-likeness (QED) is 0.0238. The summed E-state index contributed by atoms with van der Waals surface area (Å²) in [6.07, 6.45) is 37.1. The average Bonchev–Trinajstić information content (AvgIpc) is 3.14. The zero-order valence-electron chi connectivity index (χ0n) is 33.7. The molecule has 312 valence electrons. The maximum atomic E-state index is 12.6. The van der Waals surface area contributed by atoms with Crippen molar-refractivity contribution in [2.45, 2.75) is 206 Å². The molecule has 0 rings (SSSR count). The molecule has 0 aliphatic carbocycles. The number of unbranched alkanes of at least 4 members (excludes halogenated alkanes) is 22. The topological polar surface area (TPSA) is 149 Å². The van der Waals surface area contributed by atoms with Gasteiger partial charge in [-0.3, -0.25) is 18.6 Å². The first-order chi connectivity index (χ1) is 25.7. The molecular formula is C42H79O10P. The van der Waals surface area contributed by atoms with Gasteiger partial charge in [0.25, 0.3) is 0 Å². The molecule has 11 heteroatoms. The summed E-state index contributed by atoms with van der Waals surface area (Å²) in [4.78, 5) is 34.9. The molecule has 0 aliphatic heterocycles. The standard InChI is InChI=1S/C42H79O10P/c1-3-5-7-9-11-13-15-17-19-21-23-25-27-29-31-33-41(45)49-37-40(38-51-53(47,48)50-36-39(44)35-43)52-42(46)34-32-30-28-26-24-22-20-18-16-14-12-10-8-6-4-2/h12,14,18,20,39-40,43-44H,3-11,13,15-17,19,21-38H2,1-2H3,(H,47,48)/b14-12-,20-18-/t39-,40+/m0/s1. The minimum absolute atomic E-state index is 0.171. The third-order valence-corrected chi connectivity index (χ3v) is 10.1. The molecule has 0 radical (unpaired) electrons. The number of phosphoric acid groups is 1. The van der Waals surface area contributed by atoms with Crippen LogP contribution in [0.5, 0.6) is 0 Å². The van der Waals surface area contributed by atoms with E-state index in [0.717, 1.165) is 64.2 Å². The van der Waals surface area contributed by atoms with E-state index in [2.05, 4.69) is 42.7 Å². The van der Waals surface area contributed by atoms with E-state index in [1.807, 2.05) is 0 Å². The van der Waals surface area contributed by atoms with Crippen molar-refractivity contribution in [3.63, 3.8) is 0 Å². The van der Waals surface area contributed by atoms with Crippen LogP contribution in [0, 0.1) is 0 Å². The molecule has 0 heterocycles. The Bertz CT molecular complexity index is 941. The normalized spacial score (nSPS) is 14.1. The molecule has 0 aromatic heterocycles. The summed E-state index contributed by atoms with van der Waals surface area (Å²) >= 11 is 0. The largest absolute Gasteiger partial charge is 0.472 e. The second-order valence-electron chi connectivity index (χ2n) is 14.4. The number of phosphoric ester groups is 1. The smallest absolute Gasteiger partial charge is 0.462 e.